The van der Waals surface area contributed by atoms with Crippen molar-refractivity contribution in [3.05, 3.63) is 0 Å². The molecular weight excluding hydrogens is 111 g/mol. The van der Waals surface area contributed by atoms with E-state index in [4.69, 9.17) is 0 Å². The van der Waals surface area contributed by atoms with E-state index in [1.54, 1.807) is 0 Å². The smallest absolute Gasteiger partial charge is 0.000167 e. The third-order valence-corrected chi connectivity index (χ3v) is 1.65. The summed E-state index contributed by atoms with van der Waals surface area (Å²) in [6, 6.07) is 0. The van der Waals surface area contributed by atoms with Gasteiger partial charge in [-0.3, -0.25) is 0 Å². The zero-order valence-electron chi connectivity index (χ0n) is 3.98. The maximum Gasteiger partial charge on any atom is -0.000167 e. The van der Waals surface area contributed by atoms with Crippen LogP contribution in [0.1, 0.15) is 19.8 Å². The second kappa shape index (κ2) is 5.52. The Morgan fingerprint density at radius 1 is 1.67 bits per heavy atom. The third kappa shape index (κ3) is 4.52. The fourth-order valence-corrected chi connectivity index (χ4v) is 1.06. The van der Waals surface area contributed by atoms with Crippen LogP contribution in [0.4, 0.5) is 0 Å². The zero-order chi connectivity index (χ0) is 4.83. The van der Waals surface area contributed by atoms with Gasteiger partial charge in [0.25, 0.3) is 0 Å². The lowest BCUT2D eigenvalue weighted by Gasteiger charge is -1.80. The summed E-state index contributed by atoms with van der Waals surface area (Å²) in [4.78, 5) is 0. The lowest BCUT2D eigenvalue weighted by Crippen LogP contribution is -1.66. The molecule has 0 aromatic heterocycles. The molecule has 0 radical (unpaired) electrons. The average Bonchev–Trinajstić information content (AvgIpc) is 1.61. The van der Waals surface area contributed by atoms with Gasteiger partial charge in [0, 0.05) is 0 Å². The van der Waals surface area contributed by atoms with Crippen molar-refractivity contribution in [2.45, 2.75) is 19.8 Å². The quantitative estimate of drug-likeness (QED) is 0.406. The van der Waals surface area contributed by atoms with Crippen LogP contribution in [-0.4, -0.2) is 6.16 Å². The highest BCUT2D eigenvalue weighted by Crippen LogP contribution is 1.96. The molecule has 0 aromatic rings. The molecule has 0 saturated carbocycles. The van der Waals surface area contributed by atoms with Crippen molar-refractivity contribution in [1.82, 2.24) is 0 Å². The third-order valence-electron chi connectivity index (χ3n) is 0.603. The molecule has 0 heterocycles. The first-order valence-electron chi connectivity index (χ1n) is 2.21. The van der Waals surface area contributed by atoms with Crippen molar-refractivity contribution < 1.29 is 0 Å². The van der Waals surface area contributed by atoms with Gasteiger partial charge in [-0.05, 0) is 19.9 Å². The molecule has 0 spiro atoms. The van der Waals surface area contributed by atoms with Gasteiger partial charge < -0.3 is 0 Å². The standard InChI is InChI=1S/C4H9PS/c1-2-3-4-5-6/h2-4H2,1H3. The fourth-order valence-electron chi connectivity index (χ4n) is 0.223. The topological polar surface area (TPSA) is 0 Å². The molecule has 0 aliphatic rings. The van der Waals surface area contributed by atoms with Crippen LogP contribution in [0.25, 0.3) is 0 Å². The molecule has 0 aliphatic heterocycles. The normalized spacial score (nSPS) is 9.50. The number of rotatable bonds is 3. The summed E-state index contributed by atoms with van der Waals surface area (Å²) in [5, 5.41) is 0. The van der Waals surface area contributed by atoms with Crippen LogP contribution in [0.15, 0.2) is 0 Å². The van der Waals surface area contributed by atoms with E-state index in [1.165, 1.54) is 19.0 Å². The van der Waals surface area contributed by atoms with Crippen LogP contribution in [0.2, 0.25) is 0 Å². The van der Waals surface area contributed by atoms with Gasteiger partial charge in [0.2, 0.25) is 0 Å². The Bertz CT molecular complexity index is 36.5. The predicted molar refractivity (Wildman–Crippen MR) is 34.1 cm³/mol. The molecule has 0 aromatic carbocycles. The second-order valence-corrected chi connectivity index (χ2v) is 2.69. The Balaban J connectivity index is 2.49. The molecule has 36 valence electrons. The first kappa shape index (κ1) is 6.52. The van der Waals surface area contributed by atoms with Crippen molar-refractivity contribution in [3.63, 3.8) is 0 Å². The first-order chi connectivity index (χ1) is 2.91. The van der Waals surface area contributed by atoms with Gasteiger partial charge >= 0.3 is 0 Å². The van der Waals surface area contributed by atoms with E-state index in [9.17, 15) is 0 Å². The van der Waals surface area contributed by atoms with Gasteiger partial charge in [-0.15, -0.1) is 0 Å². The fraction of sp³-hybridized carbons (Fsp3) is 1.00. The molecule has 0 atom stereocenters. The molecule has 0 unspecified atom stereocenters. The van der Waals surface area contributed by atoms with Crippen molar-refractivity contribution in [2.24, 2.45) is 0 Å². The van der Waals surface area contributed by atoms with E-state index in [0.717, 1.165) is 7.36 Å². The Morgan fingerprint density at radius 2 is 2.33 bits per heavy atom. The van der Waals surface area contributed by atoms with E-state index >= 15 is 0 Å². The molecular formula is C4H9PS. The minimum absolute atomic E-state index is 1.13. The Morgan fingerprint density at radius 3 is 2.50 bits per heavy atom. The summed E-state index contributed by atoms with van der Waals surface area (Å²) in [6.45, 7) is 2.18. The summed E-state index contributed by atoms with van der Waals surface area (Å²) < 4.78 is 0. The first-order valence-corrected chi connectivity index (χ1v) is 4.30. The van der Waals surface area contributed by atoms with E-state index in [-0.39, 0.29) is 0 Å². The summed E-state index contributed by atoms with van der Waals surface area (Å²) in [5.74, 6) is 0. The maximum atomic E-state index is 4.69. The van der Waals surface area contributed by atoms with Gasteiger partial charge in [0.15, 0.2) is 0 Å². The highest BCUT2D eigenvalue weighted by atomic mass is 32.4. The van der Waals surface area contributed by atoms with Crippen LogP contribution < -0.4 is 0 Å². The lowest BCUT2D eigenvalue weighted by molar-refractivity contribution is 0.896. The van der Waals surface area contributed by atoms with Crippen LogP contribution in [0.5, 0.6) is 0 Å². The monoisotopic (exact) mass is 120 g/mol. The summed E-state index contributed by atoms with van der Waals surface area (Å²) in [7, 11) is 1.13. The molecule has 0 fully saturated rings. The van der Waals surface area contributed by atoms with Gasteiger partial charge in [-0.25, -0.2) is 0 Å². The lowest BCUT2D eigenvalue weighted by atomic mass is 10.4. The number of hydrogen-bond acceptors (Lipinski definition) is 1. The highest BCUT2D eigenvalue weighted by Gasteiger charge is 1.73. The summed E-state index contributed by atoms with van der Waals surface area (Å²) >= 11 is 4.69. The molecule has 0 amide bonds. The molecule has 6 heavy (non-hydrogen) atoms. The Kier molecular flexibility index (Phi) is 6.00. The number of hydrogen-bond donors (Lipinski definition) is 0. The van der Waals surface area contributed by atoms with E-state index in [2.05, 4.69) is 18.7 Å². The Hall–Kier alpha value is 0.520. The van der Waals surface area contributed by atoms with E-state index in [1.807, 2.05) is 0 Å². The van der Waals surface area contributed by atoms with E-state index < -0.39 is 0 Å². The van der Waals surface area contributed by atoms with Crippen LogP contribution in [0.3, 0.4) is 0 Å². The maximum absolute atomic E-state index is 4.69. The molecule has 0 aliphatic carbocycles. The van der Waals surface area contributed by atoms with Crippen LogP contribution in [0, 0.1) is 0 Å². The highest BCUT2D eigenvalue weighted by molar-refractivity contribution is 7.96. The van der Waals surface area contributed by atoms with Crippen LogP contribution in [-0.2, 0) is 11.8 Å². The molecule has 0 nitrogen and oxygen atoms in total. The average molecular weight is 120 g/mol. The van der Waals surface area contributed by atoms with Gasteiger partial charge in [-0.2, -0.15) is 0 Å². The molecule has 0 saturated heterocycles. The minimum atomic E-state index is 1.13. The zero-order valence-corrected chi connectivity index (χ0v) is 5.69. The van der Waals surface area contributed by atoms with Crippen molar-refractivity contribution in [2.75, 3.05) is 6.16 Å². The van der Waals surface area contributed by atoms with Crippen molar-refractivity contribution >= 4 is 19.2 Å². The summed E-state index contributed by atoms with van der Waals surface area (Å²) in [5.41, 5.74) is 0. The summed E-state index contributed by atoms with van der Waals surface area (Å²) in [6.07, 6.45) is 3.78. The minimum Gasteiger partial charge on any atom is -0.0654 e. The largest absolute Gasteiger partial charge is 0.0654 e. The van der Waals surface area contributed by atoms with E-state index in [0.29, 0.717) is 0 Å². The van der Waals surface area contributed by atoms with Gasteiger partial charge in [-0.1, -0.05) is 25.2 Å². The Labute approximate surface area is 45.8 Å². The second-order valence-electron chi connectivity index (χ2n) is 1.21. The predicted octanol–water partition coefficient (Wildman–Crippen LogP) is 2.19. The SMILES string of the molecule is CCCCP=S. The van der Waals surface area contributed by atoms with Gasteiger partial charge in [0.1, 0.15) is 0 Å². The molecule has 0 rings (SSSR count). The van der Waals surface area contributed by atoms with Crippen molar-refractivity contribution in [3.8, 4) is 0 Å². The molecule has 2 heteroatoms. The van der Waals surface area contributed by atoms with Crippen molar-refractivity contribution in [1.29, 1.82) is 0 Å². The molecule has 0 bridgehead atoms. The molecule has 0 N–H and O–H groups in total. The number of unbranched alkanes of at least 4 members (excludes halogenated alkanes) is 1. The van der Waals surface area contributed by atoms with Crippen LogP contribution >= 0.6 is 7.36 Å². The van der Waals surface area contributed by atoms with Gasteiger partial charge in [0.05, 0.1) is 0 Å².